The Kier molecular flexibility index (Phi) is 6.86. The molecule has 2 aromatic carbocycles. The SMILES string of the molecule is Cc1cc(COc2ccc(C(=O)NCC3(C(=O)NO)CCOCC3)cc2)c2ccccc2n1. The van der Waals surface area contributed by atoms with Gasteiger partial charge in [-0.05, 0) is 56.2 Å². The maximum atomic E-state index is 12.6. The van der Waals surface area contributed by atoms with Crippen molar-refractivity contribution in [2.75, 3.05) is 19.8 Å². The summed E-state index contributed by atoms with van der Waals surface area (Å²) in [6.45, 7) is 3.27. The van der Waals surface area contributed by atoms with E-state index in [1.165, 1.54) is 0 Å². The van der Waals surface area contributed by atoms with Gasteiger partial charge in [0, 0.05) is 42.0 Å². The number of benzene rings is 2. The molecule has 172 valence electrons. The zero-order valence-electron chi connectivity index (χ0n) is 18.5. The minimum Gasteiger partial charge on any atom is -0.489 e. The normalized spacial score (nSPS) is 15.1. The number of hydrogen-bond donors (Lipinski definition) is 3. The molecule has 0 saturated carbocycles. The van der Waals surface area contributed by atoms with Crippen molar-refractivity contribution < 1.29 is 24.3 Å². The van der Waals surface area contributed by atoms with Crippen LogP contribution in [0.4, 0.5) is 0 Å². The van der Waals surface area contributed by atoms with E-state index >= 15 is 0 Å². The molecule has 1 aliphatic rings. The predicted molar refractivity (Wildman–Crippen MR) is 122 cm³/mol. The second-order valence-electron chi connectivity index (χ2n) is 8.27. The zero-order valence-corrected chi connectivity index (χ0v) is 18.5. The quantitative estimate of drug-likeness (QED) is 0.378. The number of aryl methyl sites for hydroxylation is 1. The summed E-state index contributed by atoms with van der Waals surface area (Å²) in [5.74, 6) is -0.159. The van der Waals surface area contributed by atoms with E-state index in [9.17, 15) is 9.59 Å². The van der Waals surface area contributed by atoms with Crippen molar-refractivity contribution in [2.45, 2.75) is 26.4 Å². The molecule has 2 amide bonds. The average molecular weight is 450 g/mol. The van der Waals surface area contributed by atoms with Gasteiger partial charge in [0.25, 0.3) is 11.8 Å². The highest BCUT2D eigenvalue weighted by Gasteiger charge is 2.40. The Morgan fingerprint density at radius 1 is 1.12 bits per heavy atom. The van der Waals surface area contributed by atoms with Gasteiger partial charge in [-0.15, -0.1) is 0 Å². The molecule has 33 heavy (non-hydrogen) atoms. The lowest BCUT2D eigenvalue weighted by atomic mass is 9.79. The molecule has 0 bridgehead atoms. The van der Waals surface area contributed by atoms with Crippen LogP contribution >= 0.6 is 0 Å². The Balaban J connectivity index is 1.38. The van der Waals surface area contributed by atoms with E-state index in [1.54, 1.807) is 29.7 Å². The number of ether oxygens (including phenoxy) is 2. The number of carbonyl (C=O) groups excluding carboxylic acids is 2. The van der Waals surface area contributed by atoms with Crippen molar-refractivity contribution >= 4 is 22.7 Å². The summed E-state index contributed by atoms with van der Waals surface area (Å²) in [6.07, 6.45) is 0.852. The Hall–Kier alpha value is -3.49. The first-order chi connectivity index (χ1) is 16.0. The number of amides is 2. The highest BCUT2D eigenvalue weighted by Crippen LogP contribution is 2.30. The molecule has 1 fully saturated rings. The molecule has 0 spiro atoms. The van der Waals surface area contributed by atoms with Crippen LogP contribution in [0.15, 0.2) is 54.6 Å². The third-order valence-corrected chi connectivity index (χ3v) is 6.06. The molecule has 8 heteroatoms. The molecule has 3 N–H and O–H groups in total. The Bertz CT molecular complexity index is 1140. The molecule has 0 unspecified atom stereocenters. The Morgan fingerprint density at radius 2 is 1.85 bits per heavy atom. The molecule has 0 aliphatic carbocycles. The second kappa shape index (κ2) is 9.97. The lowest BCUT2D eigenvalue weighted by Crippen LogP contribution is -2.50. The average Bonchev–Trinajstić information content (AvgIpc) is 2.86. The minimum atomic E-state index is -0.878. The van der Waals surface area contributed by atoms with Crippen LogP contribution < -0.4 is 15.5 Å². The van der Waals surface area contributed by atoms with Gasteiger partial charge in [-0.25, -0.2) is 5.48 Å². The first-order valence-electron chi connectivity index (χ1n) is 10.9. The van der Waals surface area contributed by atoms with E-state index in [0.717, 1.165) is 22.2 Å². The number of carbonyl (C=O) groups is 2. The Morgan fingerprint density at radius 3 is 2.58 bits per heavy atom. The van der Waals surface area contributed by atoms with Crippen molar-refractivity contribution in [1.29, 1.82) is 0 Å². The second-order valence-corrected chi connectivity index (χ2v) is 8.27. The molecular formula is C25H27N3O5. The molecule has 1 saturated heterocycles. The number of nitrogens with zero attached hydrogens (tertiary/aromatic N) is 1. The molecule has 0 atom stereocenters. The van der Waals surface area contributed by atoms with E-state index in [-0.39, 0.29) is 12.5 Å². The van der Waals surface area contributed by atoms with Gasteiger partial charge in [0.2, 0.25) is 0 Å². The molecule has 2 heterocycles. The summed E-state index contributed by atoms with van der Waals surface area (Å²) in [5.41, 5.74) is 4.21. The molecular weight excluding hydrogens is 422 g/mol. The fraction of sp³-hybridized carbons (Fsp3) is 0.320. The van der Waals surface area contributed by atoms with Crippen molar-refractivity contribution in [2.24, 2.45) is 5.41 Å². The van der Waals surface area contributed by atoms with Gasteiger partial charge >= 0.3 is 0 Å². The third-order valence-electron chi connectivity index (χ3n) is 6.06. The maximum Gasteiger partial charge on any atom is 0.251 e. The highest BCUT2D eigenvalue weighted by molar-refractivity contribution is 5.95. The lowest BCUT2D eigenvalue weighted by Gasteiger charge is -2.34. The van der Waals surface area contributed by atoms with Crippen LogP contribution in [0.1, 0.15) is 34.5 Å². The molecule has 3 aromatic rings. The topological polar surface area (TPSA) is 110 Å². The first kappa shape index (κ1) is 22.7. The van der Waals surface area contributed by atoms with E-state index in [2.05, 4.69) is 10.3 Å². The van der Waals surface area contributed by atoms with Gasteiger partial charge in [0.05, 0.1) is 10.9 Å². The summed E-state index contributed by atoms with van der Waals surface area (Å²) in [6, 6.07) is 16.8. The van der Waals surface area contributed by atoms with Crippen LogP contribution in [-0.4, -0.2) is 41.8 Å². The van der Waals surface area contributed by atoms with Gasteiger partial charge in [-0.1, -0.05) is 18.2 Å². The number of hydroxylamine groups is 1. The lowest BCUT2D eigenvalue weighted by molar-refractivity contribution is -0.145. The van der Waals surface area contributed by atoms with Crippen LogP contribution in [0.2, 0.25) is 0 Å². The molecule has 1 aliphatic heterocycles. The summed E-state index contributed by atoms with van der Waals surface area (Å²) >= 11 is 0. The van der Waals surface area contributed by atoms with Gasteiger partial charge in [0.15, 0.2) is 0 Å². The van der Waals surface area contributed by atoms with E-state index < -0.39 is 11.3 Å². The summed E-state index contributed by atoms with van der Waals surface area (Å²) in [4.78, 5) is 29.4. The first-order valence-corrected chi connectivity index (χ1v) is 10.9. The highest BCUT2D eigenvalue weighted by atomic mass is 16.5. The van der Waals surface area contributed by atoms with Crippen LogP contribution in [-0.2, 0) is 16.1 Å². The standard InChI is InChI=1S/C25H27N3O5/c1-17-14-19(21-4-2-3-5-22(21)27-17)15-33-20-8-6-18(7-9-20)23(29)26-16-25(24(30)28-31)10-12-32-13-11-25/h2-9,14,31H,10-13,15-16H2,1H3,(H,26,29)(H,28,30). The van der Waals surface area contributed by atoms with Crippen LogP contribution in [0.5, 0.6) is 5.75 Å². The van der Waals surface area contributed by atoms with Crippen LogP contribution in [0.25, 0.3) is 10.9 Å². The van der Waals surface area contributed by atoms with Gasteiger partial charge in [-0.2, -0.15) is 0 Å². The number of nitrogens with one attached hydrogen (secondary N) is 2. The monoisotopic (exact) mass is 449 g/mol. The van der Waals surface area contributed by atoms with Crippen LogP contribution in [0.3, 0.4) is 0 Å². The van der Waals surface area contributed by atoms with E-state index in [1.807, 2.05) is 37.3 Å². The van der Waals surface area contributed by atoms with Crippen molar-refractivity contribution in [3.63, 3.8) is 0 Å². The third kappa shape index (κ3) is 5.13. The van der Waals surface area contributed by atoms with Gasteiger partial charge < -0.3 is 14.8 Å². The Labute approximate surface area is 191 Å². The van der Waals surface area contributed by atoms with Crippen molar-refractivity contribution in [3.05, 3.63) is 71.4 Å². The number of aromatic nitrogens is 1. The number of para-hydroxylation sites is 1. The predicted octanol–water partition coefficient (Wildman–Crippen LogP) is 3.15. The number of pyridine rings is 1. The number of fused-ring (bicyclic) bond motifs is 1. The fourth-order valence-electron chi connectivity index (χ4n) is 4.09. The molecule has 1 aromatic heterocycles. The number of hydrogen-bond acceptors (Lipinski definition) is 6. The summed E-state index contributed by atoms with van der Waals surface area (Å²) < 4.78 is 11.3. The largest absolute Gasteiger partial charge is 0.489 e. The molecule has 0 radical (unpaired) electrons. The summed E-state index contributed by atoms with van der Waals surface area (Å²) in [7, 11) is 0. The van der Waals surface area contributed by atoms with Gasteiger partial charge in [-0.3, -0.25) is 19.8 Å². The molecule has 8 nitrogen and oxygen atoms in total. The summed E-state index contributed by atoms with van der Waals surface area (Å²) in [5, 5.41) is 13.0. The van der Waals surface area contributed by atoms with Crippen molar-refractivity contribution in [1.82, 2.24) is 15.8 Å². The fourth-order valence-corrected chi connectivity index (χ4v) is 4.09. The maximum absolute atomic E-state index is 12.6. The van der Waals surface area contributed by atoms with Crippen molar-refractivity contribution in [3.8, 4) is 5.75 Å². The zero-order chi connectivity index (χ0) is 23.3. The van der Waals surface area contributed by atoms with Crippen LogP contribution in [0, 0.1) is 12.3 Å². The minimum absolute atomic E-state index is 0.119. The molecule has 4 rings (SSSR count). The van der Waals surface area contributed by atoms with E-state index in [0.29, 0.717) is 44.0 Å². The van der Waals surface area contributed by atoms with E-state index in [4.69, 9.17) is 14.7 Å². The van der Waals surface area contributed by atoms with Gasteiger partial charge in [0.1, 0.15) is 12.4 Å². The smallest absolute Gasteiger partial charge is 0.251 e. The number of rotatable bonds is 7.